The second-order valence-electron chi connectivity index (χ2n) is 6.11. The number of para-hydroxylation sites is 1. The topological polar surface area (TPSA) is 79.0 Å². The first-order chi connectivity index (χ1) is 13.2. The molecule has 0 saturated heterocycles. The number of amides is 2. The summed E-state index contributed by atoms with van der Waals surface area (Å²) in [4.78, 5) is 31.0. The highest BCUT2D eigenvalue weighted by Gasteiger charge is 2.40. The molecule has 130 valence electrons. The number of hydrogen-bond acceptors (Lipinski definition) is 4. The fraction of sp³-hybridized carbons (Fsp3) is 0. The van der Waals surface area contributed by atoms with Gasteiger partial charge in [-0.25, -0.2) is 14.3 Å². The third-order valence-electron chi connectivity index (χ3n) is 4.59. The Balaban J connectivity index is 1.77. The van der Waals surface area contributed by atoms with E-state index >= 15 is 0 Å². The second-order valence-corrected chi connectivity index (χ2v) is 6.11. The van der Waals surface area contributed by atoms with Crippen molar-refractivity contribution in [2.45, 2.75) is 0 Å². The van der Waals surface area contributed by atoms with Crippen LogP contribution >= 0.6 is 0 Å². The summed E-state index contributed by atoms with van der Waals surface area (Å²) in [6, 6.07) is 15.0. The van der Waals surface area contributed by atoms with Crippen molar-refractivity contribution in [3.8, 4) is 11.3 Å². The van der Waals surface area contributed by atoms with Crippen molar-refractivity contribution in [2.24, 2.45) is 0 Å². The molecule has 0 saturated carbocycles. The highest BCUT2D eigenvalue weighted by Crippen LogP contribution is 2.36. The van der Waals surface area contributed by atoms with Crippen LogP contribution in [0.3, 0.4) is 0 Å². The molecule has 0 atom stereocenters. The Labute approximate surface area is 152 Å². The number of carbonyl (C=O) groups is 2. The number of hydrogen-bond donors (Lipinski definition) is 1. The van der Waals surface area contributed by atoms with E-state index in [4.69, 9.17) is 0 Å². The molecule has 7 heteroatoms. The smallest absolute Gasteiger partial charge is 0.267 e. The minimum absolute atomic E-state index is 0.0818. The number of aromatic nitrogens is 3. The Morgan fingerprint density at radius 2 is 1.67 bits per heavy atom. The molecule has 1 aliphatic rings. The molecular weight excluding hydrogens is 347 g/mol. The van der Waals surface area contributed by atoms with Crippen LogP contribution < -0.4 is 4.90 Å². The quantitative estimate of drug-likeness (QED) is 0.556. The van der Waals surface area contributed by atoms with E-state index < -0.39 is 17.6 Å². The molecule has 2 aromatic heterocycles. The standard InChI is InChI=1S/C20H11FN4O2/c21-13-8-4-5-9-14(13)25-19(26)12-10-22-18-16(15(12)20(25)27)17(23-24-18)11-6-2-1-3-7-11/h1-10H,(H,22,23,24). The van der Waals surface area contributed by atoms with Crippen LogP contribution in [0.2, 0.25) is 0 Å². The van der Waals surface area contributed by atoms with Crippen molar-refractivity contribution in [3.05, 3.63) is 77.7 Å². The summed E-state index contributed by atoms with van der Waals surface area (Å²) in [5.74, 6) is -1.84. The molecule has 0 bridgehead atoms. The van der Waals surface area contributed by atoms with Crippen molar-refractivity contribution in [1.29, 1.82) is 0 Å². The van der Waals surface area contributed by atoms with E-state index in [2.05, 4.69) is 15.2 Å². The van der Waals surface area contributed by atoms with Gasteiger partial charge in [-0.05, 0) is 12.1 Å². The Kier molecular flexibility index (Phi) is 3.17. The summed E-state index contributed by atoms with van der Waals surface area (Å²) in [7, 11) is 0. The second kappa shape index (κ2) is 5.57. The van der Waals surface area contributed by atoms with Crippen LogP contribution in [-0.4, -0.2) is 27.0 Å². The first kappa shape index (κ1) is 15.4. The maximum atomic E-state index is 14.2. The van der Waals surface area contributed by atoms with Crippen molar-refractivity contribution in [3.63, 3.8) is 0 Å². The average molecular weight is 358 g/mol. The van der Waals surface area contributed by atoms with E-state index in [0.717, 1.165) is 10.5 Å². The third-order valence-corrected chi connectivity index (χ3v) is 4.59. The SMILES string of the molecule is O=C1c2cnc3n[nH]c(-c4ccccc4)c3c2C(=O)N1c1ccccc1F. The zero-order chi connectivity index (χ0) is 18.5. The normalized spacial score (nSPS) is 13.4. The number of pyridine rings is 1. The van der Waals surface area contributed by atoms with E-state index in [0.29, 0.717) is 16.7 Å². The molecule has 3 heterocycles. The molecule has 6 nitrogen and oxygen atoms in total. The van der Waals surface area contributed by atoms with Gasteiger partial charge in [-0.1, -0.05) is 42.5 Å². The van der Waals surface area contributed by atoms with Gasteiger partial charge < -0.3 is 0 Å². The number of imide groups is 1. The van der Waals surface area contributed by atoms with Crippen molar-refractivity contribution in [1.82, 2.24) is 15.2 Å². The summed E-state index contributed by atoms with van der Waals surface area (Å²) >= 11 is 0. The number of benzene rings is 2. The van der Waals surface area contributed by atoms with Crippen LogP contribution in [0, 0.1) is 5.82 Å². The van der Waals surface area contributed by atoms with E-state index in [1.807, 2.05) is 30.3 Å². The number of rotatable bonds is 2. The largest absolute Gasteiger partial charge is 0.275 e. The zero-order valence-corrected chi connectivity index (χ0v) is 13.8. The van der Waals surface area contributed by atoms with Gasteiger partial charge in [0.05, 0.1) is 27.9 Å². The Hall–Kier alpha value is -3.87. The van der Waals surface area contributed by atoms with Gasteiger partial charge in [0.2, 0.25) is 0 Å². The number of nitrogens with zero attached hydrogens (tertiary/aromatic N) is 3. The summed E-state index contributed by atoms with van der Waals surface area (Å²) in [6.07, 6.45) is 1.31. The molecule has 0 radical (unpaired) electrons. The van der Waals surface area contributed by atoms with Crippen LogP contribution in [-0.2, 0) is 0 Å². The number of aromatic amines is 1. The monoisotopic (exact) mass is 358 g/mol. The van der Waals surface area contributed by atoms with Crippen LogP contribution in [0.15, 0.2) is 60.8 Å². The lowest BCUT2D eigenvalue weighted by Crippen LogP contribution is -2.30. The van der Waals surface area contributed by atoms with Crippen LogP contribution in [0.5, 0.6) is 0 Å². The first-order valence-electron chi connectivity index (χ1n) is 8.22. The minimum atomic E-state index is -0.647. The molecule has 0 spiro atoms. The summed E-state index contributed by atoms with van der Waals surface area (Å²) < 4.78 is 14.2. The lowest BCUT2D eigenvalue weighted by atomic mass is 10.0. The highest BCUT2D eigenvalue weighted by molar-refractivity contribution is 6.38. The Bertz CT molecular complexity index is 1230. The van der Waals surface area contributed by atoms with E-state index in [1.165, 1.54) is 24.4 Å². The van der Waals surface area contributed by atoms with Gasteiger partial charge in [-0.2, -0.15) is 5.10 Å². The maximum absolute atomic E-state index is 14.2. The van der Waals surface area contributed by atoms with Gasteiger partial charge in [0.25, 0.3) is 11.8 Å². The number of anilines is 1. The minimum Gasteiger partial charge on any atom is -0.275 e. The maximum Gasteiger partial charge on any atom is 0.267 e. The van der Waals surface area contributed by atoms with Crippen molar-refractivity contribution < 1.29 is 14.0 Å². The molecule has 0 aliphatic carbocycles. The van der Waals surface area contributed by atoms with Crippen LogP contribution in [0.25, 0.3) is 22.3 Å². The Morgan fingerprint density at radius 1 is 0.926 bits per heavy atom. The number of fused-ring (bicyclic) bond motifs is 3. The number of nitrogens with one attached hydrogen (secondary N) is 1. The van der Waals surface area contributed by atoms with Gasteiger partial charge >= 0.3 is 0 Å². The molecule has 2 amide bonds. The summed E-state index contributed by atoms with van der Waals surface area (Å²) in [5.41, 5.74) is 1.95. The van der Waals surface area contributed by atoms with E-state index in [1.54, 1.807) is 6.07 Å². The first-order valence-corrected chi connectivity index (χ1v) is 8.22. The number of H-pyrrole nitrogens is 1. The van der Waals surface area contributed by atoms with Crippen molar-refractivity contribution >= 4 is 28.5 Å². The van der Waals surface area contributed by atoms with E-state index in [-0.39, 0.29) is 16.8 Å². The summed E-state index contributed by atoms with van der Waals surface area (Å²) in [5, 5.41) is 7.50. The predicted molar refractivity (Wildman–Crippen MR) is 96.9 cm³/mol. The summed E-state index contributed by atoms with van der Waals surface area (Å²) in [6.45, 7) is 0. The molecule has 0 unspecified atom stereocenters. The fourth-order valence-corrected chi connectivity index (χ4v) is 3.36. The van der Waals surface area contributed by atoms with Crippen molar-refractivity contribution in [2.75, 3.05) is 4.90 Å². The third kappa shape index (κ3) is 2.11. The van der Waals surface area contributed by atoms with Gasteiger partial charge in [0, 0.05) is 11.8 Å². The van der Waals surface area contributed by atoms with Gasteiger partial charge in [-0.3, -0.25) is 14.7 Å². The number of halogens is 1. The predicted octanol–water partition coefficient (Wildman–Crippen LogP) is 3.56. The molecule has 27 heavy (non-hydrogen) atoms. The molecule has 5 rings (SSSR count). The lowest BCUT2D eigenvalue weighted by Gasteiger charge is -2.14. The lowest BCUT2D eigenvalue weighted by molar-refractivity contribution is 0.0925. The van der Waals surface area contributed by atoms with Gasteiger partial charge in [-0.15, -0.1) is 0 Å². The Morgan fingerprint density at radius 3 is 2.44 bits per heavy atom. The molecule has 1 N–H and O–H groups in total. The molecule has 2 aromatic carbocycles. The molecule has 4 aromatic rings. The molecule has 0 fully saturated rings. The number of carbonyl (C=O) groups excluding carboxylic acids is 2. The van der Waals surface area contributed by atoms with E-state index in [9.17, 15) is 14.0 Å². The van der Waals surface area contributed by atoms with Gasteiger partial charge in [0.1, 0.15) is 5.82 Å². The van der Waals surface area contributed by atoms with Gasteiger partial charge in [0.15, 0.2) is 5.65 Å². The zero-order valence-electron chi connectivity index (χ0n) is 13.8. The molecular formula is C20H11FN4O2. The highest BCUT2D eigenvalue weighted by atomic mass is 19.1. The molecule has 1 aliphatic heterocycles. The average Bonchev–Trinajstić information content (AvgIpc) is 3.23. The van der Waals surface area contributed by atoms with Crippen LogP contribution in [0.1, 0.15) is 20.7 Å². The fourth-order valence-electron chi connectivity index (χ4n) is 3.36. The van der Waals surface area contributed by atoms with Crippen LogP contribution in [0.4, 0.5) is 10.1 Å².